The largest absolute Gasteiger partial charge is 0.461 e. The van der Waals surface area contributed by atoms with Crippen LogP contribution in [0.1, 0.15) is 28.9 Å². The Morgan fingerprint density at radius 3 is 3.00 bits per heavy atom. The van der Waals surface area contributed by atoms with Gasteiger partial charge in [-0.2, -0.15) is 0 Å². The van der Waals surface area contributed by atoms with Crippen LogP contribution < -0.4 is 11.1 Å². The van der Waals surface area contributed by atoms with Crippen molar-refractivity contribution in [3.8, 4) is 0 Å². The second-order valence-electron chi connectivity index (χ2n) is 7.65. The van der Waals surface area contributed by atoms with Gasteiger partial charge in [-0.1, -0.05) is 18.2 Å². The summed E-state index contributed by atoms with van der Waals surface area (Å²) in [6.45, 7) is 2.36. The van der Waals surface area contributed by atoms with Crippen LogP contribution in [0.5, 0.6) is 0 Å². The van der Waals surface area contributed by atoms with E-state index in [1.807, 2.05) is 37.3 Å². The molecule has 1 aliphatic rings. The van der Waals surface area contributed by atoms with Crippen LogP contribution in [0.25, 0.3) is 17.0 Å². The van der Waals surface area contributed by atoms with E-state index in [9.17, 15) is 9.59 Å². The van der Waals surface area contributed by atoms with Crippen LogP contribution in [-0.4, -0.2) is 34.8 Å². The zero-order valence-corrected chi connectivity index (χ0v) is 17.0. The van der Waals surface area contributed by atoms with Gasteiger partial charge in [0.25, 0.3) is 0 Å². The molecule has 0 bridgehead atoms. The first-order valence-corrected chi connectivity index (χ1v) is 9.85. The SMILES string of the molecule is Cc1oc2ccccc2c1CN(C)C(=O)/C=C/c1cnc2c(c1)C[C@@H](N)CC(=O)N2. The molecule has 0 spiro atoms. The number of pyridine rings is 1. The molecular formula is C23H24N4O3. The molecule has 2 aromatic heterocycles. The lowest BCUT2D eigenvalue weighted by molar-refractivity contribution is -0.125. The molecule has 0 aliphatic carbocycles. The monoisotopic (exact) mass is 404 g/mol. The normalized spacial score (nSPS) is 16.4. The average molecular weight is 404 g/mol. The van der Waals surface area contributed by atoms with Gasteiger partial charge in [0.05, 0.1) is 0 Å². The number of nitrogens with one attached hydrogen (secondary N) is 1. The van der Waals surface area contributed by atoms with Gasteiger partial charge in [-0.3, -0.25) is 9.59 Å². The summed E-state index contributed by atoms with van der Waals surface area (Å²) in [5.74, 6) is 1.10. The van der Waals surface area contributed by atoms with E-state index in [0.717, 1.165) is 33.4 Å². The molecule has 1 atom stereocenters. The maximum absolute atomic E-state index is 12.6. The standard InChI is InChI=1S/C23H24N4O3/c1-14-19(18-5-3-4-6-20(18)30-14)13-27(2)22(29)8-7-15-9-16-10-17(24)11-21(28)26-23(16)25-12-15/h3-9,12,17H,10-11,13,24H2,1-2H3,(H,25,26,28)/b8-7+/t17-/m1/s1. The molecule has 1 aliphatic heterocycles. The fraction of sp³-hybridized carbons (Fsp3) is 0.261. The van der Waals surface area contributed by atoms with Crippen molar-refractivity contribution in [1.29, 1.82) is 0 Å². The number of furan rings is 1. The van der Waals surface area contributed by atoms with Crippen LogP contribution in [0, 0.1) is 6.92 Å². The number of aryl methyl sites for hydroxylation is 1. The van der Waals surface area contributed by atoms with Crippen molar-refractivity contribution in [2.24, 2.45) is 5.73 Å². The molecule has 0 radical (unpaired) electrons. The molecule has 154 valence electrons. The predicted octanol–water partition coefficient (Wildman–Crippen LogP) is 3.02. The number of hydrogen-bond donors (Lipinski definition) is 2. The molecular weight excluding hydrogens is 380 g/mol. The summed E-state index contributed by atoms with van der Waals surface area (Å²) in [7, 11) is 1.76. The van der Waals surface area contributed by atoms with E-state index in [4.69, 9.17) is 10.2 Å². The van der Waals surface area contributed by atoms with Gasteiger partial charge in [0, 0.05) is 49.3 Å². The quantitative estimate of drug-likeness (QED) is 0.651. The number of rotatable bonds is 4. The third-order valence-corrected chi connectivity index (χ3v) is 5.27. The number of anilines is 1. The van der Waals surface area contributed by atoms with Crippen LogP contribution in [0.4, 0.5) is 5.82 Å². The van der Waals surface area contributed by atoms with Crippen LogP contribution in [0.15, 0.2) is 47.0 Å². The van der Waals surface area contributed by atoms with E-state index < -0.39 is 0 Å². The fourth-order valence-corrected chi connectivity index (χ4v) is 3.69. The summed E-state index contributed by atoms with van der Waals surface area (Å²) in [4.78, 5) is 30.4. The summed E-state index contributed by atoms with van der Waals surface area (Å²) in [6, 6.07) is 9.48. The molecule has 2 amide bonds. The lowest BCUT2D eigenvalue weighted by atomic mass is 10.0. The smallest absolute Gasteiger partial charge is 0.246 e. The Morgan fingerprint density at radius 2 is 2.17 bits per heavy atom. The molecule has 1 aromatic carbocycles. The first kappa shape index (κ1) is 19.8. The molecule has 3 aromatic rings. The minimum atomic E-state index is -0.243. The number of aromatic nitrogens is 1. The molecule has 0 fully saturated rings. The zero-order chi connectivity index (χ0) is 21.3. The number of hydrogen-bond acceptors (Lipinski definition) is 5. The Balaban J connectivity index is 1.48. The molecule has 0 unspecified atom stereocenters. The second kappa shape index (κ2) is 8.12. The van der Waals surface area contributed by atoms with Gasteiger partial charge in [0.15, 0.2) is 0 Å². The van der Waals surface area contributed by atoms with Gasteiger partial charge < -0.3 is 20.4 Å². The van der Waals surface area contributed by atoms with Crippen LogP contribution in [0.2, 0.25) is 0 Å². The third kappa shape index (κ3) is 4.11. The molecule has 3 heterocycles. The highest BCUT2D eigenvalue weighted by atomic mass is 16.3. The van der Waals surface area contributed by atoms with E-state index in [1.165, 1.54) is 6.08 Å². The number of benzene rings is 1. The molecule has 0 saturated heterocycles. The van der Waals surface area contributed by atoms with Gasteiger partial charge >= 0.3 is 0 Å². The maximum atomic E-state index is 12.6. The van der Waals surface area contributed by atoms with Crippen LogP contribution in [0.3, 0.4) is 0 Å². The predicted molar refractivity (Wildman–Crippen MR) is 116 cm³/mol. The van der Waals surface area contributed by atoms with Gasteiger partial charge in [-0.25, -0.2) is 4.98 Å². The zero-order valence-electron chi connectivity index (χ0n) is 17.0. The van der Waals surface area contributed by atoms with Crippen LogP contribution in [-0.2, 0) is 22.6 Å². The summed E-state index contributed by atoms with van der Waals surface area (Å²) in [5, 5.41) is 3.79. The minimum Gasteiger partial charge on any atom is -0.461 e. The Kier molecular flexibility index (Phi) is 5.37. The summed E-state index contributed by atoms with van der Waals surface area (Å²) in [5.41, 5.74) is 9.47. The lowest BCUT2D eigenvalue weighted by Gasteiger charge is -2.15. The number of likely N-dealkylation sites (N-methyl/N-ethyl adjacent to an activating group) is 1. The van der Waals surface area contributed by atoms with Crippen molar-refractivity contribution in [2.45, 2.75) is 32.4 Å². The van der Waals surface area contributed by atoms with Crippen molar-refractivity contribution < 1.29 is 14.0 Å². The van der Waals surface area contributed by atoms with Crippen LogP contribution >= 0.6 is 0 Å². The molecule has 30 heavy (non-hydrogen) atoms. The lowest BCUT2D eigenvalue weighted by Crippen LogP contribution is -2.25. The molecule has 7 heteroatoms. The third-order valence-electron chi connectivity index (χ3n) is 5.27. The van der Waals surface area contributed by atoms with Crippen molar-refractivity contribution in [3.05, 3.63) is 65.1 Å². The Bertz CT molecular complexity index is 1150. The van der Waals surface area contributed by atoms with Crippen molar-refractivity contribution in [3.63, 3.8) is 0 Å². The van der Waals surface area contributed by atoms with E-state index in [1.54, 1.807) is 24.2 Å². The number of amides is 2. The number of carbonyl (C=O) groups is 2. The molecule has 7 nitrogen and oxygen atoms in total. The number of nitrogens with zero attached hydrogens (tertiary/aromatic N) is 2. The van der Waals surface area contributed by atoms with E-state index in [2.05, 4.69) is 10.3 Å². The van der Waals surface area contributed by atoms with E-state index in [-0.39, 0.29) is 24.3 Å². The van der Waals surface area contributed by atoms with E-state index >= 15 is 0 Å². The van der Waals surface area contributed by atoms with E-state index in [0.29, 0.717) is 18.8 Å². The first-order chi connectivity index (χ1) is 14.4. The second-order valence-corrected chi connectivity index (χ2v) is 7.65. The summed E-state index contributed by atoms with van der Waals surface area (Å²) in [6.07, 6.45) is 5.71. The van der Waals surface area contributed by atoms with Gasteiger partial charge in [-0.05, 0) is 42.7 Å². The van der Waals surface area contributed by atoms with Gasteiger partial charge in [0.2, 0.25) is 11.8 Å². The topological polar surface area (TPSA) is 101 Å². The number of nitrogens with two attached hydrogens (primary N) is 1. The average Bonchev–Trinajstić information content (AvgIpc) is 2.93. The Hall–Kier alpha value is -3.45. The van der Waals surface area contributed by atoms with Crippen molar-refractivity contribution in [2.75, 3.05) is 12.4 Å². The minimum absolute atomic E-state index is 0.125. The van der Waals surface area contributed by atoms with Gasteiger partial charge in [-0.15, -0.1) is 0 Å². The maximum Gasteiger partial charge on any atom is 0.246 e. The number of carbonyl (C=O) groups excluding carboxylic acids is 2. The van der Waals surface area contributed by atoms with Crippen molar-refractivity contribution >= 4 is 34.7 Å². The van der Waals surface area contributed by atoms with Crippen molar-refractivity contribution in [1.82, 2.24) is 9.88 Å². The highest BCUT2D eigenvalue weighted by Gasteiger charge is 2.20. The fourth-order valence-electron chi connectivity index (χ4n) is 3.69. The molecule has 3 N–H and O–H groups in total. The van der Waals surface area contributed by atoms with Gasteiger partial charge in [0.1, 0.15) is 17.2 Å². The summed E-state index contributed by atoms with van der Waals surface area (Å²) >= 11 is 0. The number of para-hydroxylation sites is 1. The highest BCUT2D eigenvalue weighted by molar-refractivity contribution is 5.93. The first-order valence-electron chi connectivity index (χ1n) is 9.85. The Morgan fingerprint density at radius 1 is 1.37 bits per heavy atom. The molecule has 0 saturated carbocycles. The highest BCUT2D eigenvalue weighted by Crippen LogP contribution is 2.26. The molecule has 4 rings (SSSR count). The Labute approximate surface area is 174 Å². The summed E-state index contributed by atoms with van der Waals surface area (Å²) < 4.78 is 5.78. The number of fused-ring (bicyclic) bond motifs is 2.